The third-order valence-electron chi connectivity index (χ3n) is 3.39. The van der Waals surface area contributed by atoms with Crippen LogP contribution >= 0.6 is 0 Å². The van der Waals surface area contributed by atoms with Gasteiger partial charge in [0, 0.05) is 18.2 Å². The molecule has 0 radical (unpaired) electrons. The van der Waals surface area contributed by atoms with Gasteiger partial charge in [-0.3, -0.25) is 14.9 Å². The fourth-order valence-electron chi connectivity index (χ4n) is 2.14. The summed E-state index contributed by atoms with van der Waals surface area (Å²) in [5.74, 6) is -0.186. The lowest BCUT2D eigenvalue weighted by molar-refractivity contribution is -0.384. The number of rotatable bonds is 6. The lowest BCUT2D eigenvalue weighted by atomic mass is 10.2. The predicted molar refractivity (Wildman–Crippen MR) is 92.1 cm³/mol. The van der Waals surface area contributed by atoms with Crippen molar-refractivity contribution in [1.82, 2.24) is 0 Å². The maximum Gasteiger partial charge on any atom is 0.341 e. The van der Waals surface area contributed by atoms with Crippen LogP contribution in [0.3, 0.4) is 0 Å². The second-order valence-corrected chi connectivity index (χ2v) is 5.07. The highest BCUT2D eigenvalue weighted by Crippen LogP contribution is 2.28. The zero-order valence-electron chi connectivity index (χ0n) is 14.3. The summed E-state index contributed by atoms with van der Waals surface area (Å²) in [5, 5.41) is 13.3. The van der Waals surface area contributed by atoms with Crippen molar-refractivity contribution in [2.75, 3.05) is 19.5 Å². The average molecular weight is 360 g/mol. The predicted octanol–water partition coefficient (Wildman–Crippen LogP) is 2.94. The maximum atomic E-state index is 12.1. The van der Waals surface area contributed by atoms with Gasteiger partial charge in [0.1, 0.15) is 22.8 Å². The Morgan fingerprint density at radius 3 is 2.62 bits per heavy atom. The molecule has 1 heterocycles. The molecule has 0 bridgehead atoms. The molecule has 1 aromatic carbocycles. The molecule has 26 heavy (non-hydrogen) atoms. The minimum Gasteiger partial charge on any atom is -0.495 e. The lowest BCUT2D eigenvalue weighted by Gasteiger charge is -2.08. The van der Waals surface area contributed by atoms with Gasteiger partial charge in [-0.15, -0.1) is 0 Å². The van der Waals surface area contributed by atoms with E-state index in [1.807, 2.05) is 0 Å². The van der Waals surface area contributed by atoms with Gasteiger partial charge in [-0.05, 0) is 25.1 Å². The monoisotopic (exact) mass is 360 g/mol. The van der Waals surface area contributed by atoms with Crippen LogP contribution in [0, 0.1) is 17.0 Å². The maximum absolute atomic E-state index is 12.1. The van der Waals surface area contributed by atoms with E-state index < -0.39 is 16.8 Å². The molecule has 9 nitrogen and oxygen atoms in total. The van der Waals surface area contributed by atoms with E-state index in [0.717, 1.165) is 6.08 Å². The molecule has 0 aliphatic rings. The summed E-state index contributed by atoms with van der Waals surface area (Å²) < 4.78 is 15.0. The second-order valence-electron chi connectivity index (χ2n) is 5.07. The minimum absolute atomic E-state index is 0.155. The number of non-ortho nitro benzene ring substituents is 1. The van der Waals surface area contributed by atoms with Crippen molar-refractivity contribution in [2.24, 2.45) is 0 Å². The zero-order valence-corrected chi connectivity index (χ0v) is 14.3. The quantitative estimate of drug-likeness (QED) is 0.364. The number of carbonyl (C=O) groups excluding carboxylic acids is 2. The molecule has 0 unspecified atom stereocenters. The van der Waals surface area contributed by atoms with Crippen LogP contribution in [0.5, 0.6) is 5.75 Å². The van der Waals surface area contributed by atoms with Crippen LogP contribution in [0.2, 0.25) is 0 Å². The molecule has 1 aromatic heterocycles. The van der Waals surface area contributed by atoms with Crippen molar-refractivity contribution < 1.29 is 28.4 Å². The molecule has 0 aliphatic carbocycles. The van der Waals surface area contributed by atoms with Gasteiger partial charge in [-0.1, -0.05) is 0 Å². The molecular weight excluding hydrogens is 344 g/mol. The number of hydrogen-bond donors (Lipinski definition) is 1. The van der Waals surface area contributed by atoms with E-state index >= 15 is 0 Å². The first kappa shape index (κ1) is 18.7. The number of amides is 1. The number of aryl methyl sites for hydroxylation is 1. The molecule has 2 aromatic rings. The Morgan fingerprint density at radius 1 is 1.27 bits per heavy atom. The van der Waals surface area contributed by atoms with E-state index in [1.165, 1.54) is 44.6 Å². The molecule has 1 amide bonds. The van der Waals surface area contributed by atoms with Crippen LogP contribution in [-0.2, 0) is 9.53 Å². The van der Waals surface area contributed by atoms with Crippen LogP contribution < -0.4 is 10.1 Å². The van der Waals surface area contributed by atoms with Gasteiger partial charge in [0.25, 0.3) is 5.69 Å². The number of carbonyl (C=O) groups is 2. The number of nitrogens with zero attached hydrogens (tertiary/aromatic N) is 1. The fraction of sp³-hybridized carbons (Fsp3) is 0.176. The van der Waals surface area contributed by atoms with Crippen LogP contribution in [-0.4, -0.2) is 31.0 Å². The highest BCUT2D eigenvalue weighted by Gasteiger charge is 2.15. The smallest absolute Gasteiger partial charge is 0.341 e. The van der Waals surface area contributed by atoms with Gasteiger partial charge < -0.3 is 19.2 Å². The fourth-order valence-corrected chi connectivity index (χ4v) is 2.14. The Bertz CT molecular complexity index is 883. The number of nitrogens with one attached hydrogen (secondary N) is 1. The summed E-state index contributed by atoms with van der Waals surface area (Å²) in [4.78, 5) is 33.9. The van der Waals surface area contributed by atoms with Gasteiger partial charge in [-0.25, -0.2) is 4.79 Å². The molecule has 1 N–H and O–H groups in total. The van der Waals surface area contributed by atoms with Crippen LogP contribution in [0.15, 0.2) is 34.8 Å². The molecule has 136 valence electrons. The minimum atomic E-state index is -0.578. The normalized spacial score (nSPS) is 10.6. The molecule has 0 saturated heterocycles. The number of esters is 1. The van der Waals surface area contributed by atoms with E-state index in [2.05, 4.69) is 10.1 Å². The average Bonchev–Trinajstić information content (AvgIpc) is 3.00. The number of nitro benzene ring substituents is 1. The first-order chi connectivity index (χ1) is 12.3. The number of hydrogen-bond acceptors (Lipinski definition) is 7. The third kappa shape index (κ3) is 4.26. The summed E-state index contributed by atoms with van der Waals surface area (Å²) in [7, 11) is 2.64. The van der Waals surface area contributed by atoms with Gasteiger partial charge in [-0.2, -0.15) is 0 Å². The number of benzene rings is 1. The molecule has 0 aliphatic heterocycles. The molecule has 0 fully saturated rings. The summed E-state index contributed by atoms with van der Waals surface area (Å²) in [5.41, 5.74) is 0.226. The van der Waals surface area contributed by atoms with Crippen molar-refractivity contribution in [3.05, 3.63) is 57.5 Å². The SMILES string of the molecule is COC(=O)c1cc(C=CC(=O)Nc2cc([N+](=O)[O-])ccc2OC)oc1C. The molecular formula is C17H16N2O7. The number of methoxy groups -OCH3 is 2. The lowest BCUT2D eigenvalue weighted by Crippen LogP contribution is -2.09. The van der Waals surface area contributed by atoms with E-state index in [1.54, 1.807) is 6.92 Å². The van der Waals surface area contributed by atoms with E-state index in [0.29, 0.717) is 5.76 Å². The van der Waals surface area contributed by atoms with Crippen molar-refractivity contribution in [3.8, 4) is 5.75 Å². The number of nitro groups is 1. The van der Waals surface area contributed by atoms with Gasteiger partial charge in [0.05, 0.1) is 24.8 Å². The Kier molecular flexibility index (Phi) is 5.74. The molecule has 9 heteroatoms. The first-order valence-electron chi connectivity index (χ1n) is 7.36. The standard InChI is InChI=1S/C17H16N2O7/c1-10-13(17(21)25-3)9-12(26-10)5-7-16(20)18-14-8-11(19(22)23)4-6-15(14)24-2/h4-9H,1-3H3,(H,18,20). The van der Waals surface area contributed by atoms with E-state index in [9.17, 15) is 19.7 Å². The Morgan fingerprint density at radius 2 is 2.00 bits per heavy atom. The van der Waals surface area contributed by atoms with E-state index in [4.69, 9.17) is 9.15 Å². The Hall–Kier alpha value is -3.62. The van der Waals surface area contributed by atoms with Crippen LogP contribution in [0.1, 0.15) is 21.9 Å². The highest BCUT2D eigenvalue weighted by atomic mass is 16.6. The summed E-state index contributed by atoms with van der Waals surface area (Å²) >= 11 is 0. The Labute approximate surface area is 148 Å². The van der Waals surface area contributed by atoms with Crippen LogP contribution in [0.25, 0.3) is 6.08 Å². The number of furan rings is 1. The Balaban J connectivity index is 2.16. The topological polar surface area (TPSA) is 121 Å². The van der Waals surface area contributed by atoms with Crippen molar-refractivity contribution >= 4 is 29.3 Å². The number of ether oxygens (including phenoxy) is 2. The van der Waals surface area contributed by atoms with Crippen molar-refractivity contribution in [2.45, 2.75) is 6.92 Å². The van der Waals surface area contributed by atoms with Crippen LogP contribution in [0.4, 0.5) is 11.4 Å². The largest absolute Gasteiger partial charge is 0.495 e. The van der Waals surface area contributed by atoms with Gasteiger partial charge in [0.15, 0.2) is 0 Å². The van der Waals surface area contributed by atoms with Gasteiger partial charge >= 0.3 is 5.97 Å². The molecule has 0 spiro atoms. The van der Waals surface area contributed by atoms with Crippen molar-refractivity contribution in [3.63, 3.8) is 0 Å². The third-order valence-corrected chi connectivity index (χ3v) is 3.39. The van der Waals surface area contributed by atoms with E-state index in [-0.39, 0.29) is 28.4 Å². The summed E-state index contributed by atoms with van der Waals surface area (Å²) in [6, 6.07) is 5.29. The molecule has 2 rings (SSSR count). The molecule has 0 atom stereocenters. The van der Waals surface area contributed by atoms with Gasteiger partial charge in [0.2, 0.25) is 5.91 Å². The van der Waals surface area contributed by atoms with Crippen molar-refractivity contribution in [1.29, 1.82) is 0 Å². The first-order valence-corrected chi connectivity index (χ1v) is 7.36. The molecule has 0 saturated carbocycles. The zero-order chi connectivity index (χ0) is 19.3. The highest BCUT2D eigenvalue weighted by molar-refractivity contribution is 6.03. The second kappa shape index (κ2) is 7.97. The summed E-state index contributed by atoms with van der Waals surface area (Å²) in [6.07, 6.45) is 2.52. The summed E-state index contributed by atoms with van der Waals surface area (Å²) in [6.45, 7) is 1.59. The number of anilines is 1.